The van der Waals surface area contributed by atoms with Crippen molar-refractivity contribution in [3.8, 4) is 0 Å². The number of benzene rings is 1. The highest BCUT2D eigenvalue weighted by Crippen LogP contribution is 2.18. The van der Waals surface area contributed by atoms with Gasteiger partial charge in [0.15, 0.2) is 0 Å². The summed E-state index contributed by atoms with van der Waals surface area (Å²) in [5, 5.41) is 3.76. The molecule has 1 N–H and O–H groups in total. The van der Waals surface area contributed by atoms with Crippen LogP contribution in [0.5, 0.6) is 0 Å². The van der Waals surface area contributed by atoms with E-state index in [2.05, 4.69) is 12.2 Å². The molecule has 0 fully saturated rings. The van der Waals surface area contributed by atoms with E-state index in [0.717, 1.165) is 31.5 Å². The van der Waals surface area contributed by atoms with Crippen LogP contribution in [0, 0.1) is 5.82 Å². The zero-order valence-electron chi connectivity index (χ0n) is 8.32. The van der Waals surface area contributed by atoms with Gasteiger partial charge < -0.3 is 5.32 Å². The highest BCUT2D eigenvalue weighted by Gasteiger charge is 2.01. The summed E-state index contributed by atoms with van der Waals surface area (Å²) < 4.78 is 12.7. The average Bonchev–Trinajstić information content (AvgIpc) is 2.15. The lowest BCUT2D eigenvalue weighted by molar-refractivity contribution is 0.626. The Morgan fingerprint density at radius 3 is 2.86 bits per heavy atom. The molecule has 1 rings (SSSR count). The molecule has 0 saturated carbocycles. The Morgan fingerprint density at radius 2 is 2.21 bits per heavy atom. The lowest BCUT2D eigenvalue weighted by Gasteiger charge is -2.04. The van der Waals surface area contributed by atoms with Crippen LogP contribution in [0.3, 0.4) is 0 Å². The van der Waals surface area contributed by atoms with Crippen LogP contribution >= 0.6 is 11.6 Å². The Labute approximate surface area is 89.3 Å². The first-order valence-electron chi connectivity index (χ1n) is 4.88. The topological polar surface area (TPSA) is 12.0 Å². The van der Waals surface area contributed by atoms with E-state index in [9.17, 15) is 4.39 Å². The maximum Gasteiger partial charge on any atom is 0.124 e. The predicted molar refractivity (Wildman–Crippen MR) is 58.3 cm³/mol. The standard InChI is InChI=1S/C11H15ClFN/c1-2-14-7-3-4-9-5-6-10(13)8-11(9)12/h5-6,8,14H,2-4,7H2,1H3. The van der Waals surface area contributed by atoms with Crippen LogP contribution in [-0.4, -0.2) is 13.1 Å². The normalized spacial score (nSPS) is 10.5. The SMILES string of the molecule is CCNCCCc1ccc(F)cc1Cl. The first kappa shape index (κ1) is 11.5. The molecule has 0 spiro atoms. The summed E-state index contributed by atoms with van der Waals surface area (Å²) in [6, 6.07) is 4.57. The number of hydrogen-bond acceptors (Lipinski definition) is 1. The molecule has 0 aromatic heterocycles. The van der Waals surface area contributed by atoms with Gasteiger partial charge in [-0.15, -0.1) is 0 Å². The average molecular weight is 216 g/mol. The molecule has 0 radical (unpaired) electrons. The van der Waals surface area contributed by atoms with Crippen LogP contribution in [0.2, 0.25) is 5.02 Å². The molecular weight excluding hydrogens is 201 g/mol. The smallest absolute Gasteiger partial charge is 0.124 e. The molecule has 1 aromatic rings. The quantitative estimate of drug-likeness (QED) is 0.745. The van der Waals surface area contributed by atoms with Gasteiger partial charge >= 0.3 is 0 Å². The molecule has 78 valence electrons. The van der Waals surface area contributed by atoms with Crippen molar-refractivity contribution in [2.75, 3.05) is 13.1 Å². The van der Waals surface area contributed by atoms with Crippen molar-refractivity contribution >= 4 is 11.6 Å². The lowest BCUT2D eigenvalue weighted by Crippen LogP contribution is -2.14. The molecular formula is C11H15ClFN. The largest absolute Gasteiger partial charge is 0.317 e. The van der Waals surface area contributed by atoms with Crippen LogP contribution in [0.1, 0.15) is 18.9 Å². The molecule has 0 aliphatic heterocycles. The van der Waals surface area contributed by atoms with Gasteiger partial charge in [0.25, 0.3) is 0 Å². The minimum atomic E-state index is -0.273. The summed E-state index contributed by atoms with van der Waals surface area (Å²) >= 11 is 5.88. The van der Waals surface area contributed by atoms with Crippen molar-refractivity contribution < 1.29 is 4.39 Å². The van der Waals surface area contributed by atoms with Crippen LogP contribution < -0.4 is 5.32 Å². The molecule has 1 nitrogen and oxygen atoms in total. The van der Waals surface area contributed by atoms with Crippen LogP contribution in [0.25, 0.3) is 0 Å². The third-order valence-electron chi connectivity index (χ3n) is 2.06. The monoisotopic (exact) mass is 215 g/mol. The van der Waals surface area contributed by atoms with Gasteiger partial charge in [-0.3, -0.25) is 0 Å². The van der Waals surface area contributed by atoms with Gasteiger partial charge in [0, 0.05) is 5.02 Å². The molecule has 3 heteroatoms. The zero-order valence-corrected chi connectivity index (χ0v) is 9.07. The highest BCUT2D eigenvalue weighted by molar-refractivity contribution is 6.31. The fraction of sp³-hybridized carbons (Fsp3) is 0.455. The van der Waals surface area contributed by atoms with Crippen molar-refractivity contribution in [3.05, 3.63) is 34.6 Å². The Bertz CT molecular complexity index is 289. The van der Waals surface area contributed by atoms with Crippen LogP contribution in [-0.2, 0) is 6.42 Å². The summed E-state index contributed by atoms with van der Waals surface area (Å²) in [5.41, 5.74) is 1.02. The van der Waals surface area contributed by atoms with Crippen molar-refractivity contribution in [2.24, 2.45) is 0 Å². The summed E-state index contributed by atoms with van der Waals surface area (Å²) in [6.07, 6.45) is 1.92. The molecule has 14 heavy (non-hydrogen) atoms. The van der Waals surface area contributed by atoms with Gasteiger partial charge in [-0.1, -0.05) is 24.6 Å². The summed E-state index contributed by atoms with van der Waals surface area (Å²) in [4.78, 5) is 0. The van der Waals surface area contributed by atoms with E-state index < -0.39 is 0 Å². The van der Waals surface area contributed by atoms with Crippen molar-refractivity contribution in [3.63, 3.8) is 0 Å². The highest BCUT2D eigenvalue weighted by atomic mass is 35.5. The molecule has 0 heterocycles. The Hall–Kier alpha value is -0.600. The zero-order chi connectivity index (χ0) is 10.4. The molecule has 1 aromatic carbocycles. The van der Waals surface area contributed by atoms with E-state index in [1.54, 1.807) is 6.07 Å². The fourth-order valence-electron chi connectivity index (χ4n) is 1.31. The molecule has 0 atom stereocenters. The first-order valence-corrected chi connectivity index (χ1v) is 5.26. The Morgan fingerprint density at radius 1 is 1.43 bits per heavy atom. The Kier molecular flexibility index (Phi) is 4.91. The predicted octanol–water partition coefficient (Wildman–Crippen LogP) is 3.02. The lowest BCUT2D eigenvalue weighted by atomic mass is 10.1. The van der Waals surface area contributed by atoms with Crippen LogP contribution in [0.15, 0.2) is 18.2 Å². The van der Waals surface area contributed by atoms with E-state index in [0.29, 0.717) is 5.02 Å². The number of nitrogens with one attached hydrogen (secondary N) is 1. The van der Waals surface area contributed by atoms with Crippen LogP contribution in [0.4, 0.5) is 4.39 Å². The summed E-state index contributed by atoms with van der Waals surface area (Å²) in [7, 11) is 0. The first-order chi connectivity index (χ1) is 6.74. The van der Waals surface area contributed by atoms with E-state index in [-0.39, 0.29) is 5.82 Å². The molecule has 0 saturated heterocycles. The minimum Gasteiger partial charge on any atom is -0.317 e. The molecule has 0 aliphatic carbocycles. The third kappa shape index (κ3) is 3.64. The maximum absolute atomic E-state index is 12.7. The van der Waals surface area contributed by atoms with E-state index >= 15 is 0 Å². The second-order valence-electron chi connectivity index (χ2n) is 3.19. The van der Waals surface area contributed by atoms with Gasteiger partial charge in [-0.25, -0.2) is 4.39 Å². The number of halogens is 2. The van der Waals surface area contributed by atoms with Crippen molar-refractivity contribution in [1.29, 1.82) is 0 Å². The minimum absolute atomic E-state index is 0.273. The van der Waals surface area contributed by atoms with Crippen molar-refractivity contribution in [1.82, 2.24) is 5.32 Å². The van der Waals surface area contributed by atoms with E-state index in [4.69, 9.17) is 11.6 Å². The van der Waals surface area contributed by atoms with E-state index in [1.165, 1.54) is 12.1 Å². The fourth-order valence-corrected chi connectivity index (χ4v) is 1.57. The Balaban J connectivity index is 2.42. The van der Waals surface area contributed by atoms with Gasteiger partial charge in [-0.2, -0.15) is 0 Å². The van der Waals surface area contributed by atoms with Gasteiger partial charge in [0.1, 0.15) is 5.82 Å². The second-order valence-corrected chi connectivity index (χ2v) is 3.60. The van der Waals surface area contributed by atoms with E-state index in [1.807, 2.05) is 0 Å². The molecule has 0 unspecified atom stereocenters. The number of hydrogen-bond donors (Lipinski definition) is 1. The maximum atomic E-state index is 12.7. The molecule has 0 aliphatic rings. The summed E-state index contributed by atoms with van der Waals surface area (Å²) in [6.45, 7) is 4.03. The second kappa shape index (κ2) is 5.99. The third-order valence-corrected chi connectivity index (χ3v) is 2.42. The molecule has 0 amide bonds. The number of rotatable bonds is 5. The number of aryl methyl sites for hydroxylation is 1. The van der Waals surface area contributed by atoms with Gasteiger partial charge in [-0.05, 0) is 43.6 Å². The molecule has 0 bridgehead atoms. The van der Waals surface area contributed by atoms with Crippen molar-refractivity contribution in [2.45, 2.75) is 19.8 Å². The summed E-state index contributed by atoms with van der Waals surface area (Å²) in [5.74, 6) is -0.273. The van der Waals surface area contributed by atoms with Gasteiger partial charge in [0.2, 0.25) is 0 Å². The van der Waals surface area contributed by atoms with Gasteiger partial charge in [0.05, 0.1) is 0 Å².